The number of hydrogen-bond donors (Lipinski definition) is 3. The van der Waals surface area contributed by atoms with Gasteiger partial charge in [0.15, 0.2) is 0 Å². The molecule has 1 heterocycles. The molecule has 0 saturated carbocycles. The Morgan fingerprint density at radius 1 is 1.15 bits per heavy atom. The monoisotopic (exact) mass is 289 g/mol. The van der Waals surface area contributed by atoms with Crippen molar-refractivity contribution in [2.75, 3.05) is 0 Å². The minimum absolute atomic E-state index is 0.215. The molecular formula is C13H11N3O3S. The van der Waals surface area contributed by atoms with Gasteiger partial charge in [-0.15, -0.1) is 0 Å². The Morgan fingerprint density at radius 2 is 1.90 bits per heavy atom. The summed E-state index contributed by atoms with van der Waals surface area (Å²) in [5.41, 5.74) is 0.246. The van der Waals surface area contributed by atoms with Gasteiger partial charge in [-0.2, -0.15) is 0 Å². The molecule has 1 aromatic heterocycles. The number of oxime groups is 1. The van der Waals surface area contributed by atoms with Crippen LogP contribution in [-0.2, 0) is 0 Å². The van der Waals surface area contributed by atoms with Gasteiger partial charge in [0.1, 0.15) is 10.7 Å². The zero-order valence-corrected chi connectivity index (χ0v) is 11.0. The highest BCUT2D eigenvalue weighted by Gasteiger charge is 2.10. The first-order chi connectivity index (χ1) is 9.69. The van der Waals surface area contributed by atoms with E-state index in [0.29, 0.717) is 5.03 Å². The van der Waals surface area contributed by atoms with Crippen LogP contribution in [0.25, 0.3) is 0 Å². The molecule has 0 fully saturated rings. The predicted molar refractivity (Wildman–Crippen MR) is 74.3 cm³/mol. The predicted octanol–water partition coefficient (Wildman–Crippen LogP) is 2.64. The zero-order valence-electron chi connectivity index (χ0n) is 10.2. The highest BCUT2D eigenvalue weighted by atomic mass is 32.2. The number of carbonyl (C=O) groups is 1. The van der Waals surface area contributed by atoms with Gasteiger partial charge in [-0.25, -0.2) is 9.78 Å². The van der Waals surface area contributed by atoms with Crippen LogP contribution in [-0.4, -0.2) is 27.2 Å². The normalized spacial score (nSPS) is 11.1. The molecule has 20 heavy (non-hydrogen) atoms. The fraction of sp³-hybridized carbons (Fsp3) is 0. The number of hydrogen-bond acceptors (Lipinski definition) is 5. The van der Waals surface area contributed by atoms with Crippen molar-refractivity contribution in [3.05, 3.63) is 54.2 Å². The fourth-order valence-electron chi connectivity index (χ4n) is 1.45. The molecule has 0 bridgehead atoms. The molecule has 0 aliphatic heterocycles. The molecule has 0 aliphatic carbocycles. The summed E-state index contributed by atoms with van der Waals surface area (Å²) in [5.74, 6) is -0.215. The van der Waals surface area contributed by atoms with Gasteiger partial charge >= 0.3 is 6.09 Å². The van der Waals surface area contributed by atoms with Crippen LogP contribution in [0, 0.1) is 0 Å². The maximum Gasteiger partial charge on any atom is 0.410 e. The van der Waals surface area contributed by atoms with Crippen molar-refractivity contribution in [3.63, 3.8) is 0 Å². The number of carboxylic acid groups (broad SMARTS) is 1. The maximum absolute atomic E-state index is 10.6. The lowest BCUT2D eigenvalue weighted by Crippen LogP contribution is -2.30. The molecule has 2 rings (SSSR count). The number of amidine groups is 1. The third-order valence-corrected chi connectivity index (χ3v) is 3.20. The minimum Gasteiger partial charge on any atom is -0.465 e. The van der Waals surface area contributed by atoms with Crippen LogP contribution < -0.4 is 5.32 Å². The molecule has 2 aromatic rings. The van der Waals surface area contributed by atoms with Crippen LogP contribution >= 0.6 is 11.8 Å². The summed E-state index contributed by atoms with van der Waals surface area (Å²) >= 11 is 1.43. The van der Waals surface area contributed by atoms with Crippen molar-refractivity contribution in [1.29, 1.82) is 0 Å². The van der Waals surface area contributed by atoms with Crippen LogP contribution in [0.4, 0.5) is 4.79 Å². The van der Waals surface area contributed by atoms with Gasteiger partial charge in [0.05, 0.1) is 0 Å². The standard InChI is InChI=1S/C13H11N3O3S/c17-13(18)15-12(16-19)10-7-4-8-11(14-10)20-9-5-2-1-3-6-9/h1-8,19H,(H,15,16)(H,17,18). The van der Waals surface area contributed by atoms with Gasteiger partial charge in [-0.05, 0) is 24.3 Å². The van der Waals surface area contributed by atoms with Gasteiger partial charge in [0, 0.05) is 4.90 Å². The van der Waals surface area contributed by atoms with E-state index in [9.17, 15) is 4.79 Å². The third kappa shape index (κ3) is 3.72. The zero-order chi connectivity index (χ0) is 14.4. The van der Waals surface area contributed by atoms with Crippen molar-refractivity contribution in [2.45, 2.75) is 9.92 Å². The maximum atomic E-state index is 10.6. The first kappa shape index (κ1) is 13.9. The van der Waals surface area contributed by atoms with Crippen molar-refractivity contribution < 1.29 is 15.1 Å². The first-order valence-electron chi connectivity index (χ1n) is 5.61. The lowest BCUT2D eigenvalue weighted by Gasteiger charge is -2.05. The Labute approximate surface area is 119 Å². The van der Waals surface area contributed by atoms with Gasteiger partial charge in [-0.1, -0.05) is 41.2 Å². The smallest absolute Gasteiger partial charge is 0.410 e. The molecule has 0 aliphatic rings. The summed E-state index contributed by atoms with van der Waals surface area (Å²) in [6, 6.07) is 14.7. The van der Waals surface area contributed by atoms with Crippen molar-refractivity contribution >= 4 is 23.7 Å². The SMILES string of the molecule is O=C(O)N/C(=N\O)c1cccc(Sc2ccccc2)n1. The van der Waals surface area contributed by atoms with Crippen LogP contribution in [0.5, 0.6) is 0 Å². The van der Waals surface area contributed by atoms with E-state index >= 15 is 0 Å². The Kier molecular flexibility index (Phi) is 4.56. The minimum atomic E-state index is -1.32. The van der Waals surface area contributed by atoms with E-state index in [1.54, 1.807) is 18.2 Å². The number of nitrogens with one attached hydrogen (secondary N) is 1. The van der Waals surface area contributed by atoms with E-state index in [2.05, 4.69) is 10.1 Å². The molecule has 1 amide bonds. The van der Waals surface area contributed by atoms with E-state index in [1.165, 1.54) is 11.8 Å². The fourth-order valence-corrected chi connectivity index (χ4v) is 2.28. The van der Waals surface area contributed by atoms with Gasteiger partial charge < -0.3 is 10.3 Å². The quantitative estimate of drug-likeness (QED) is 0.349. The molecule has 3 N–H and O–H groups in total. The number of amides is 1. The van der Waals surface area contributed by atoms with Crippen molar-refractivity contribution in [2.24, 2.45) is 5.16 Å². The van der Waals surface area contributed by atoms with Crippen LogP contribution in [0.15, 0.2) is 63.6 Å². The molecule has 102 valence electrons. The largest absolute Gasteiger partial charge is 0.465 e. The number of aromatic nitrogens is 1. The average Bonchev–Trinajstić information content (AvgIpc) is 2.46. The van der Waals surface area contributed by atoms with Crippen molar-refractivity contribution in [3.8, 4) is 0 Å². The van der Waals surface area contributed by atoms with Gasteiger partial charge in [0.2, 0.25) is 5.84 Å². The summed E-state index contributed by atoms with van der Waals surface area (Å²) in [5, 5.41) is 23.0. The summed E-state index contributed by atoms with van der Waals surface area (Å²) in [4.78, 5) is 15.8. The number of pyridine rings is 1. The second kappa shape index (κ2) is 6.58. The summed E-state index contributed by atoms with van der Waals surface area (Å²) < 4.78 is 0. The van der Waals surface area contributed by atoms with E-state index in [1.807, 2.05) is 35.6 Å². The molecule has 7 heteroatoms. The summed E-state index contributed by atoms with van der Waals surface area (Å²) in [7, 11) is 0. The molecule has 0 unspecified atom stereocenters. The Bertz CT molecular complexity index is 632. The van der Waals surface area contributed by atoms with Crippen molar-refractivity contribution in [1.82, 2.24) is 10.3 Å². The molecule has 0 atom stereocenters. The van der Waals surface area contributed by atoms with Crippen LogP contribution in [0.1, 0.15) is 5.69 Å². The second-order valence-corrected chi connectivity index (χ2v) is 4.75. The van der Waals surface area contributed by atoms with E-state index in [4.69, 9.17) is 10.3 Å². The Morgan fingerprint density at radius 3 is 2.55 bits per heavy atom. The molecular weight excluding hydrogens is 278 g/mol. The summed E-state index contributed by atoms with van der Waals surface area (Å²) in [6.45, 7) is 0. The lowest BCUT2D eigenvalue weighted by atomic mass is 10.3. The van der Waals surface area contributed by atoms with Gasteiger partial charge in [0.25, 0.3) is 0 Å². The highest BCUT2D eigenvalue weighted by molar-refractivity contribution is 7.99. The van der Waals surface area contributed by atoms with Crippen LogP contribution in [0.2, 0.25) is 0 Å². The average molecular weight is 289 g/mol. The first-order valence-corrected chi connectivity index (χ1v) is 6.43. The third-order valence-electron chi connectivity index (χ3n) is 2.26. The highest BCUT2D eigenvalue weighted by Crippen LogP contribution is 2.25. The van der Waals surface area contributed by atoms with Gasteiger partial charge in [-0.3, -0.25) is 5.32 Å². The molecule has 0 spiro atoms. The topological polar surface area (TPSA) is 94.8 Å². The Hall–Kier alpha value is -2.54. The molecule has 0 radical (unpaired) electrons. The molecule has 0 saturated heterocycles. The second-order valence-electron chi connectivity index (χ2n) is 3.65. The van der Waals surface area contributed by atoms with E-state index < -0.39 is 6.09 Å². The number of benzene rings is 1. The number of nitrogens with zero attached hydrogens (tertiary/aromatic N) is 2. The lowest BCUT2D eigenvalue weighted by molar-refractivity contribution is 0.199. The van der Waals surface area contributed by atoms with E-state index in [-0.39, 0.29) is 11.5 Å². The Balaban J connectivity index is 2.21. The molecule has 6 nitrogen and oxygen atoms in total. The van der Waals surface area contributed by atoms with E-state index in [0.717, 1.165) is 4.90 Å². The van der Waals surface area contributed by atoms with Crippen LogP contribution in [0.3, 0.4) is 0 Å². The summed E-state index contributed by atoms with van der Waals surface area (Å²) in [6.07, 6.45) is -1.32. The number of rotatable bonds is 3. The molecule has 1 aromatic carbocycles.